The second-order valence-corrected chi connectivity index (χ2v) is 3.37. The van der Waals surface area contributed by atoms with Gasteiger partial charge in [-0.05, 0) is 13.6 Å². The summed E-state index contributed by atoms with van der Waals surface area (Å²) in [6, 6.07) is 2.03. The fourth-order valence-electron chi connectivity index (χ4n) is 0.978. The Bertz CT molecular complexity index is 210. The lowest BCUT2D eigenvalue weighted by Gasteiger charge is -2.18. The molecule has 0 aliphatic rings. The van der Waals surface area contributed by atoms with Crippen LogP contribution in [0.15, 0.2) is 0 Å². The summed E-state index contributed by atoms with van der Waals surface area (Å²) < 4.78 is 0. The van der Waals surface area contributed by atoms with Crippen molar-refractivity contribution in [1.29, 1.82) is 5.26 Å². The molecule has 0 aromatic carbocycles. The average Bonchev–Trinajstić information content (AvgIpc) is 2.21. The zero-order chi connectivity index (χ0) is 11.0. The zero-order valence-corrected chi connectivity index (χ0v) is 9.29. The Morgan fingerprint density at radius 3 is 2.50 bits per heavy atom. The van der Waals surface area contributed by atoms with E-state index >= 15 is 0 Å². The molecule has 0 N–H and O–H groups in total. The lowest BCUT2D eigenvalue weighted by atomic mass is 10.3. The molecule has 4 nitrogen and oxygen atoms in total. The summed E-state index contributed by atoms with van der Waals surface area (Å²) in [6.45, 7) is 4.33. The fourth-order valence-corrected chi connectivity index (χ4v) is 0.978. The van der Waals surface area contributed by atoms with E-state index in [1.807, 2.05) is 13.1 Å². The van der Waals surface area contributed by atoms with Crippen molar-refractivity contribution in [3.8, 4) is 6.07 Å². The number of nitrogens with zero attached hydrogens (tertiary/aromatic N) is 3. The second kappa shape index (κ2) is 7.34. The lowest BCUT2D eigenvalue weighted by molar-refractivity contribution is -0.130. The highest BCUT2D eigenvalue weighted by atomic mass is 16.2. The molecule has 0 aromatic rings. The van der Waals surface area contributed by atoms with Crippen LogP contribution in [0.25, 0.3) is 0 Å². The van der Waals surface area contributed by atoms with E-state index in [4.69, 9.17) is 5.26 Å². The topological polar surface area (TPSA) is 47.3 Å². The molecular formula is C10H19N3O. The SMILES string of the molecule is CCN(C)CCC(=O)N(C)CCC#N. The molecule has 0 spiro atoms. The van der Waals surface area contributed by atoms with Crippen molar-refractivity contribution in [1.82, 2.24) is 9.80 Å². The molecule has 0 aromatic heterocycles. The molecule has 0 heterocycles. The third kappa shape index (κ3) is 5.55. The van der Waals surface area contributed by atoms with Crippen LogP contribution in [-0.4, -0.2) is 49.4 Å². The van der Waals surface area contributed by atoms with Gasteiger partial charge in [-0.1, -0.05) is 6.92 Å². The first-order valence-electron chi connectivity index (χ1n) is 4.91. The van der Waals surface area contributed by atoms with Gasteiger partial charge in [0.1, 0.15) is 0 Å². The standard InChI is InChI=1S/C10H19N3O/c1-4-12(2)9-6-10(14)13(3)8-5-7-11/h4-6,8-9H2,1-3H3. The van der Waals surface area contributed by atoms with Gasteiger partial charge < -0.3 is 9.80 Å². The van der Waals surface area contributed by atoms with Gasteiger partial charge in [-0.15, -0.1) is 0 Å². The van der Waals surface area contributed by atoms with Crippen molar-refractivity contribution in [3.05, 3.63) is 0 Å². The first-order valence-corrected chi connectivity index (χ1v) is 4.91. The molecule has 0 aliphatic heterocycles. The molecule has 0 saturated heterocycles. The molecular weight excluding hydrogens is 178 g/mol. The molecule has 14 heavy (non-hydrogen) atoms. The number of carbonyl (C=O) groups is 1. The first-order chi connectivity index (χ1) is 6.61. The van der Waals surface area contributed by atoms with Crippen LogP contribution in [0, 0.1) is 11.3 Å². The molecule has 0 aliphatic carbocycles. The predicted octanol–water partition coefficient (Wildman–Crippen LogP) is 0.700. The van der Waals surface area contributed by atoms with Crippen molar-refractivity contribution in [2.24, 2.45) is 0 Å². The first kappa shape index (κ1) is 12.9. The van der Waals surface area contributed by atoms with Gasteiger partial charge >= 0.3 is 0 Å². The summed E-state index contributed by atoms with van der Waals surface area (Å²) in [7, 11) is 3.73. The molecule has 0 saturated carbocycles. The average molecular weight is 197 g/mol. The molecule has 0 radical (unpaired) electrons. The van der Waals surface area contributed by atoms with Gasteiger partial charge in [0.05, 0.1) is 12.5 Å². The van der Waals surface area contributed by atoms with Crippen molar-refractivity contribution >= 4 is 5.91 Å². The van der Waals surface area contributed by atoms with E-state index in [2.05, 4.69) is 11.8 Å². The van der Waals surface area contributed by atoms with E-state index in [-0.39, 0.29) is 5.91 Å². The van der Waals surface area contributed by atoms with E-state index in [1.165, 1.54) is 0 Å². The van der Waals surface area contributed by atoms with Gasteiger partial charge in [-0.3, -0.25) is 4.79 Å². The Morgan fingerprint density at radius 2 is 2.00 bits per heavy atom. The third-order valence-electron chi connectivity index (χ3n) is 2.23. The molecule has 0 atom stereocenters. The second-order valence-electron chi connectivity index (χ2n) is 3.37. The maximum atomic E-state index is 11.5. The van der Waals surface area contributed by atoms with Crippen molar-refractivity contribution < 1.29 is 4.79 Å². The minimum absolute atomic E-state index is 0.112. The van der Waals surface area contributed by atoms with Gasteiger partial charge in [0.2, 0.25) is 5.91 Å². The summed E-state index contributed by atoms with van der Waals surface area (Å²) in [6.07, 6.45) is 0.943. The largest absolute Gasteiger partial charge is 0.345 e. The van der Waals surface area contributed by atoms with Crippen LogP contribution in [0.4, 0.5) is 0 Å². The number of hydrogen-bond acceptors (Lipinski definition) is 3. The van der Waals surface area contributed by atoms with E-state index < -0.39 is 0 Å². The number of carbonyl (C=O) groups excluding carboxylic acids is 1. The quantitative estimate of drug-likeness (QED) is 0.629. The summed E-state index contributed by atoms with van der Waals surface area (Å²) in [5.74, 6) is 0.112. The van der Waals surface area contributed by atoms with Gasteiger partial charge in [-0.25, -0.2) is 0 Å². The Kier molecular flexibility index (Phi) is 6.77. The summed E-state index contributed by atoms with van der Waals surface area (Å²) in [5, 5.41) is 8.36. The van der Waals surface area contributed by atoms with Crippen LogP contribution in [0.3, 0.4) is 0 Å². The highest BCUT2D eigenvalue weighted by molar-refractivity contribution is 5.76. The van der Waals surface area contributed by atoms with Crippen molar-refractivity contribution in [2.45, 2.75) is 19.8 Å². The van der Waals surface area contributed by atoms with Crippen LogP contribution in [0.5, 0.6) is 0 Å². The number of nitriles is 1. The van der Waals surface area contributed by atoms with Crippen molar-refractivity contribution in [3.63, 3.8) is 0 Å². The van der Waals surface area contributed by atoms with Crippen LogP contribution in [0.1, 0.15) is 19.8 Å². The molecule has 0 fully saturated rings. The number of hydrogen-bond donors (Lipinski definition) is 0. The van der Waals surface area contributed by atoms with Crippen LogP contribution in [0.2, 0.25) is 0 Å². The van der Waals surface area contributed by atoms with Crippen LogP contribution >= 0.6 is 0 Å². The van der Waals surface area contributed by atoms with Crippen LogP contribution in [-0.2, 0) is 4.79 Å². The van der Waals surface area contributed by atoms with E-state index in [9.17, 15) is 4.79 Å². The number of amides is 1. The molecule has 80 valence electrons. The molecule has 0 unspecified atom stereocenters. The maximum absolute atomic E-state index is 11.5. The number of rotatable bonds is 6. The Morgan fingerprint density at radius 1 is 1.36 bits per heavy atom. The zero-order valence-electron chi connectivity index (χ0n) is 9.29. The Balaban J connectivity index is 3.68. The highest BCUT2D eigenvalue weighted by Crippen LogP contribution is 1.94. The summed E-state index contributed by atoms with van der Waals surface area (Å²) in [5.41, 5.74) is 0. The third-order valence-corrected chi connectivity index (χ3v) is 2.23. The highest BCUT2D eigenvalue weighted by Gasteiger charge is 2.08. The normalized spacial score (nSPS) is 9.93. The Labute approximate surface area is 86.1 Å². The van der Waals surface area contributed by atoms with E-state index in [1.54, 1.807) is 11.9 Å². The summed E-state index contributed by atoms with van der Waals surface area (Å²) in [4.78, 5) is 15.2. The van der Waals surface area contributed by atoms with Gasteiger partial charge in [0.25, 0.3) is 0 Å². The van der Waals surface area contributed by atoms with E-state index in [0.717, 1.165) is 13.1 Å². The summed E-state index contributed by atoms with van der Waals surface area (Å²) >= 11 is 0. The van der Waals surface area contributed by atoms with Gasteiger partial charge in [0, 0.05) is 26.6 Å². The molecule has 4 heteroatoms. The van der Waals surface area contributed by atoms with E-state index in [0.29, 0.717) is 19.4 Å². The maximum Gasteiger partial charge on any atom is 0.223 e. The van der Waals surface area contributed by atoms with Crippen molar-refractivity contribution in [2.75, 3.05) is 33.7 Å². The fraction of sp³-hybridized carbons (Fsp3) is 0.800. The molecule has 1 amide bonds. The minimum atomic E-state index is 0.112. The van der Waals surface area contributed by atoms with Gasteiger partial charge in [0.15, 0.2) is 0 Å². The smallest absolute Gasteiger partial charge is 0.223 e. The molecule has 0 bridgehead atoms. The van der Waals surface area contributed by atoms with Gasteiger partial charge in [-0.2, -0.15) is 5.26 Å². The monoisotopic (exact) mass is 197 g/mol. The lowest BCUT2D eigenvalue weighted by Crippen LogP contribution is -2.31. The Hall–Kier alpha value is -1.08. The minimum Gasteiger partial charge on any atom is -0.345 e. The molecule has 0 rings (SSSR count). The van der Waals surface area contributed by atoms with Crippen LogP contribution < -0.4 is 0 Å². The predicted molar refractivity (Wildman–Crippen MR) is 55.7 cm³/mol.